The lowest BCUT2D eigenvalue weighted by atomic mass is 10.1. The largest absolute Gasteiger partial charge is 0.379 e. The maximum atomic E-state index is 12.9. The molecule has 0 bridgehead atoms. The van der Waals surface area contributed by atoms with Gasteiger partial charge >= 0.3 is 0 Å². The molecule has 162 valence electrons. The first-order chi connectivity index (χ1) is 15.1. The number of ether oxygens (including phenoxy) is 1. The highest BCUT2D eigenvalue weighted by Crippen LogP contribution is 2.15. The van der Waals surface area contributed by atoms with E-state index in [-0.39, 0.29) is 5.91 Å². The molecule has 0 spiro atoms. The Kier molecular flexibility index (Phi) is 6.79. The lowest BCUT2D eigenvalue weighted by Crippen LogP contribution is -2.35. The number of benzene rings is 2. The van der Waals surface area contributed by atoms with Gasteiger partial charge in [-0.05, 0) is 30.5 Å². The van der Waals surface area contributed by atoms with Crippen LogP contribution in [-0.2, 0) is 24.4 Å². The van der Waals surface area contributed by atoms with Crippen LogP contribution in [0.2, 0.25) is 0 Å². The van der Waals surface area contributed by atoms with Gasteiger partial charge in [0.05, 0.1) is 31.0 Å². The SMILES string of the molecule is Cc1nn(Cc2ccccc2)c(C)c1C(=O)NCc1ccc(CN2CCOCC2)cc1. The first kappa shape index (κ1) is 21.3. The average molecular weight is 419 g/mol. The second kappa shape index (κ2) is 9.90. The molecule has 2 aromatic carbocycles. The summed E-state index contributed by atoms with van der Waals surface area (Å²) in [7, 11) is 0. The minimum absolute atomic E-state index is 0.0771. The van der Waals surface area contributed by atoms with Crippen molar-refractivity contribution >= 4 is 5.91 Å². The van der Waals surface area contributed by atoms with Crippen molar-refractivity contribution < 1.29 is 9.53 Å². The first-order valence-corrected chi connectivity index (χ1v) is 10.8. The van der Waals surface area contributed by atoms with Crippen molar-refractivity contribution in [3.05, 3.63) is 88.2 Å². The number of aryl methyl sites for hydroxylation is 1. The first-order valence-electron chi connectivity index (χ1n) is 10.8. The topological polar surface area (TPSA) is 59.4 Å². The molecule has 6 nitrogen and oxygen atoms in total. The summed E-state index contributed by atoms with van der Waals surface area (Å²) < 4.78 is 7.31. The summed E-state index contributed by atoms with van der Waals surface area (Å²) in [5.74, 6) is -0.0771. The van der Waals surface area contributed by atoms with Gasteiger partial charge in [-0.2, -0.15) is 5.10 Å². The van der Waals surface area contributed by atoms with Crippen molar-refractivity contribution in [2.24, 2.45) is 0 Å². The van der Waals surface area contributed by atoms with Gasteiger partial charge in [0, 0.05) is 31.9 Å². The van der Waals surface area contributed by atoms with Gasteiger partial charge in [-0.15, -0.1) is 0 Å². The van der Waals surface area contributed by atoms with Gasteiger partial charge in [0.15, 0.2) is 0 Å². The van der Waals surface area contributed by atoms with Crippen molar-refractivity contribution in [3.63, 3.8) is 0 Å². The molecule has 0 unspecified atom stereocenters. The Hall–Kier alpha value is -2.96. The fourth-order valence-electron chi connectivity index (χ4n) is 3.99. The van der Waals surface area contributed by atoms with Crippen molar-refractivity contribution in [3.8, 4) is 0 Å². The summed E-state index contributed by atoms with van der Waals surface area (Å²) >= 11 is 0. The Bertz CT molecular complexity index is 1010. The third-order valence-corrected chi connectivity index (χ3v) is 5.77. The van der Waals surface area contributed by atoms with E-state index in [4.69, 9.17) is 4.74 Å². The van der Waals surface area contributed by atoms with E-state index in [0.29, 0.717) is 18.7 Å². The quantitative estimate of drug-likeness (QED) is 0.640. The number of amides is 1. The molecular formula is C25H30N4O2. The molecule has 3 aromatic rings. The van der Waals surface area contributed by atoms with Crippen molar-refractivity contribution in [2.45, 2.75) is 33.5 Å². The fraction of sp³-hybridized carbons (Fsp3) is 0.360. The second-order valence-electron chi connectivity index (χ2n) is 8.08. The van der Waals surface area contributed by atoms with Crippen LogP contribution >= 0.6 is 0 Å². The summed E-state index contributed by atoms with van der Waals surface area (Å²) in [6.07, 6.45) is 0. The number of nitrogens with zero attached hydrogens (tertiary/aromatic N) is 3. The highest BCUT2D eigenvalue weighted by molar-refractivity contribution is 5.96. The third-order valence-electron chi connectivity index (χ3n) is 5.77. The highest BCUT2D eigenvalue weighted by atomic mass is 16.5. The average Bonchev–Trinajstić information content (AvgIpc) is 3.07. The molecule has 0 aliphatic carbocycles. The van der Waals surface area contributed by atoms with Crippen LogP contribution in [0.25, 0.3) is 0 Å². The zero-order chi connectivity index (χ0) is 21.6. The summed E-state index contributed by atoms with van der Waals surface area (Å²) in [4.78, 5) is 15.3. The Morgan fingerprint density at radius 3 is 2.29 bits per heavy atom. The summed E-state index contributed by atoms with van der Waals surface area (Å²) in [6, 6.07) is 18.6. The van der Waals surface area contributed by atoms with Gasteiger partial charge in [-0.1, -0.05) is 54.6 Å². The maximum absolute atomic E-state index is 12.9. The lowest BCUT2D eigenvalue weighted by Gasteiger charge is -2.26. The van der Waals surface area contributed by atoms with Crippen molar-refractivity contribution in [2.75, 3.05) is 26.3 Å². The summed E-state index contributed by atoms with van der Waals surface area (Å²) in [5.41, 5.74) is 5.85. The van der Waals surface area contributed by atoms with Crippen LogP contribution in [-0.4, -0.2) is 46.9 Å². The fourth-order valence-corrected chi connectivity index (χ4v) is 3.99. The van der Waals surface area contributed by atoms with E-state index in [1.165, 1.54) is 5.56 Å². The Balaban J connectivity index is 1.35. The lowest BCUT2D eigenvalue weighted by molar-refractivity contribution is 0.0342. The molecular weight excluding hydrogens is 388 g/mol. The standard InChI is InChI=1S/C25H30N4O2/c1-19-24(20(2)29(27-19)18-22-6-4-3-5-7-22)25(30)26-16-21-8-10-23(11-9-21)17-28-12-14-31-15-13-28/h3-11H,12-18H2,1-2H3,(H,26,30). The molecule has 4 rings (SSSR count). The van der Waals surface area contributed by atoms with E-state index in [1.54, 1.807) is 0 Å². The number of hydrogen-bond acceptors (Lipinski definition) is 4. The van der Waals surface area contributed by atoms with Crippen LogP contribution in [0.3, 0.4) is 0 Å². The number of nitrogens with one attached hydrogen (secondary N) is 1. The van der Waals surface area contributed by atoms with E-state index >= 15 is 0 Å². The molecule has 1 amide bonds. The number of carbonyl (C=O) groups is 1. The van der Waals surface area contributed by atoms with Crippen molar-refractivity contribution in [1.82, 2.24) is 20.0 Å². The molecule has 2 heterocycles. The minimum atomic E-state index is -0.0771. The highest BCUT2D eigenvalue weighted by Gasteiger charge is 2.18. The van der Waals surface area contributed by atoms with Gasteiger partial charge < -0.3 is 10.1 Å². The summed E-state index contributed by atoms with van der Waals surface area (Å²) in [6.45, 7) is 9.53. The van der Waals surface area contributed by atoms with E-state index < -0.39 is 0 Å². The summed E-state index contributed by atoms with van der Waals surface area (Å²) in [5, 5.41) is 7.65. The Labute approximate surface area is 183 Å². The molecule has 1 saturated heterocycles. The van der Waals surface area contributed by atoms with E-state index in [1.807, 2.05) is 36.7 Å². The molecule has 1 aromatic heterocycles. The van der Waals surface area contributed by atoms with E-state index in [9.17, 15) is 4.79 Å². The van der Waals surface area contributed by atoms with E-state index in [2.05, 4.69) is 51.7 Å². The number of morpholine rings is 1. The van der Waals surface area contributed by atoms with Crippen LogP contribution in [0.4, 0.5) is 0 Å². The third kappa shape index (κ3) is 5.40. The predicted molar refractivity (Wildman–Crippen MR) is 121 cm³/mol. The monoisotopic (exact) mass is 418 g/mol. The maximum Gasteiger partial charge on any atom is 0.255 e. The van der Waals surface area contributed by atoms with Gasteiger partial charge in [-0.25, -0.2) is 0 Å². The molecule has 1 aliphatic heterocycles. The molecule has 0 radical (unpaired) electrons. The molecule has 6 heteroatoms. The number of carbonyl (C=O) groups excluding carboxylic acids is 1. The number of aromatic nitrogens is 2. The Morgan fingerprint density at radius 2 is 1.58 bits per heavy atom. The predicted octanol–water partition coefficient (Wildman–Crippen LogP) is 3.31. The van der Waals surface area contributed by atoms with Crippen LogP contribution in [0.1, 0.15) is 38.4 Å². The van der Waals surface area contributed by atoms with Gasteiger partial charge in [-0.3, -0.25) is 14.4 Å². The van der Waals surface area contributed by atoms with E-state index in [0.717, 1.165) is 55.4 Å². The van der Waals surface area contributed by atoms with Gasteiger partial charge in [0.2, 0.25) is 0 Å². The molecule has 31 heavy (non-hydrogen) atoms. The smallest absolute Gasteiger partial charge is 0.255 e. The van der Waals surface area contributed by atoms with Gasteiger partial charge in [0.25, 0.3) is 5.91 Å². The number of hydrogen-bond donors (Lipinski definition) is 1. The second-order valence-corrected chi connectivity index (χ2v) is 8.08. The van der Waals surface area contributed by atoms with Crippen molar-refractivity contribution in [1.29, 1.82) is 0 Å². The molecule has 1 N–H and O–H groups in total. The number of rotatable bonds is 7. The normalized spacial score (nSPS) is 14.5. The van der Waals surface area contributed by atoms with Crippen LogP contribution in [0, 0.1) is 13.8 Å². The van der Waals surface area contributed by atoms with Gasteiger partial charge in [0.1, 0.15) is 0 Å². The molecule has 0 saturated carbocycles. The zero-order valence-electron chi connectivity index (χ0n) is 18.3. The minimum Gasteiger partial charge on any atom is -0.379 e. The molecule has 0 atom stereocenters. The van der Waals surface area contributed by atoms with Crippen LogP contribution in [0.15, 0.2) is 54.6 Å². The Morgan fingerprint density at radius 1 is 0.935 bits per heavy atom. The molecule has 1 fully saturated rings. The van der Waals surface area contributed by atoms with Crippen LogP contribution < -0.4 is 5.32 Å². The molecule has 1 aliphatic rings. The van der Waals surface area contributed by atoms with Crippen LogP contribution in [0.5, 0.6) is 0 Å². The zero-order valence-corrected chi connectivity index (χ0v) is 18.3.